The van der Waals surface area contributed by atoms with Crippen molar-refractivity contribution in [3.05, 3.63) is 182 Å². The lowest BCUT2D eigenvalue weighted by Gasteiger charge is -2.19. The van der Waals surface area contributed by atoms with Crippen molar-refractivity contribution in [1.82, 2.24) is 19.5 Å². The molecule has 4 heteroatoms. The topological polar surface area (TPSA) is 43.6 Å². The molecule has 0 fully saturated rings. The SMILES string of the molecule is [2H]c1c([2H])c([2H])c2c(c1[2H])c1c([2H])c([2H])c([2H])c([2H])c1n2-c1c(-c2ccccc2)cccc1-c1nc(-c2ccccc2)nc(-c2ccc(-c3ccccc3)cc2)n1. The van der Waals surface area contributed by atoms with Gasteiger partial charge >= 0.3 is 0 Å². The lowest BCUT2D eigenvalue weighted by molar-refractivity contribution is 1.06. The molecule has 0 aliphatic carbocycles. The highest BCUT2D eigenvalue weighted by molar-refractivity contribution is 6.10. The average molecular weight is 635 g/mol. The quantitative estimate of drug-likeness (QED) is 0.183. The number of nitrogens with zero attached hydrogens (tertiary/aromatic N) is 4. The van der Waals surface area contributed by atoms with Crippen LogP contribution in [0, 0.1) is 0 Å². The summed E-state index contributed by atoms with van der Waals surface area (Å²) in [5, 5.41) is -0.0340. The molecule has 9 aromatic rings. The Balaban J connectivity index is 1.42. The Morgan fingerprint density at radius 2 is 0.796 bits per heavy atom. The highest BCUT2D eigenvalue weighted by atomic mass is 15.1. The van der Waals surface area contributed by atoms with Gasteiger partial charge in [0.05, 0.1) is 27.7 Å². The first-order chi connectivity index (χ1) is 27.6. The van der Waals surface area contributed by atoms with Crippen LogP contribution in [0.25, 0.3) is 83.9 Å². The van der Waals surface area contributed by atoms with Gasteiger partial charge in [0.2, 0.25) is 0 Å². The Kier molecular flexibility index (Phi) is 5.29. The number of hydrogen-bond donors (Lipinski definition) is 0. The summed E-state index contributed by atoms with van der Waals surface area (Å²) in [6.07, 6.45) is 0. The third-order valence-corrected chi connectivity index (χ3v) is 8.54. The molecule has 0 aliphatic rings. The molecular weight excluding hydrogens is 597 g/mol. The summed E-state index contributed by atoms with van der Waals surface area (Å²) in [6, 6.07) is 38.8. The summed E-state index contributed by atoms with van der Waals surface area (Å²) in [6.45, 7) is 0. The van der Waals surface area contributed by atoms with Gasteiger partial charge < -0.3 is 4.57 Å². The van der Waals surface area contributed by atoms with Crippen molar-refractivity contribution in [3.8, 4) is 62.1 Å². The summed E-state index contributed by atoms with van der Waals surface area (Å²) in [4.78, 5) is 15.0. The molecule has 2 aromatic heterocycles. The summed E-state index contributed by atoms with van der Waals surface area (Å²) < 4.78 is 72.7. The van der Waals surface area contributed by atoms with Crippen molar-refractivity contribution < 1.29 is 11.0 Å². The first kappa shape index (κ1) is 21.3. The van der Waals surface area contributed by atoms with Crippen LogP contribution in [0.15, 0.2) is 182 Å². The molecule has 0 radical (unpaired) electrons. The van der Waals surface area contributed by atoms with Gasteiger partial charge in [0.15, 0.2) is 17.5 Å². The van der Waals surface area contributed by atoms with E-state index in [1.165, 1.54) is 0 Å². The second-order valence-electron chi connectivity index (χ2n) is 11.5. The van der Waals surface area contributed by atoms with Crippen molar-refractivity contribution >= 4 is 21.8 Å². The van der Waals surface area contributed by atoms with E-state index in [1.807, 2.05) is 133 Å². The van der Waals surface area contributed by atoms with Gasteiger partial charge in [-0.2, -0.15) is 0 Å². The molecule has 0 unspecified atom stereocenters. The molecule has 9 rings (SSSR count). The van der Waals surface area contributed by atoms with Crippen LogP contribution in [0.5, 0.6) is 0 Å². The molecular formula is C45H30N4. The predicted molar refractivity (Wildman–Crippen MR) is 201 cm³/mol. The number of hydrogen-bond acceptors (Lipinski definition) is 3. The molecule has 0 saturated carbocycles. The monoisotopic (exact) mass is 634 g/mol. The second-order valence-corrected chi connectivity index (χ2v) is 11.5. The fraction of sp³-hybridized carbons (Fsp3) is 0. The van der Waals surface area contributed by atoms with Gasteiger partial charge in [0.1, 0.15) is 0 Å². The molecule has 0 atom stereocenters. The Morgan fingerprint density at radius 3 is 1.39 bits per heavy atom. The molecule has 230 valence electrons. The van der Waals surface area contributed by atoms with Crippen LogP contribution in [-0.2, 0) is 0 Å². The average Bonchev–Trinajstić information content (AvgIpc) is 3.63. The fourth-order valence-corrected chi connectivity index (χ4v) is 6.24. The Labute approximate surface area is 295 Å². The van der Waals surface area contributed by atoms with E-state index in [4.69, 9.17) is 23.2 Å². The molecule has 2 heterocycles. The number of fused-ring (bicyclic) bond motifs is 3. The van der Waals surface area contributed by atoms with Crippen LogP contribution in [0.4, 0.5) is 0 Å². The predicted octanol–water partition coefficient (Wildman–Crippen LogP) is 11.3. The van der Waals surface area contributed by atoms with Crippen LogP contribution in [0.2, 0.25) is 0 Å². The van der Waals surface area contributed by atoms with E-state index in [9.17, 15) is 2.74 Å². The number of para-hydroxylation sites is 3. The normalized spacial score (nSPS) is 13.6. The van der Waals surface area contributed by atoms with E-state index in [0.29, 0.717) is 28.5 Å². The number of aromatic nitrogens is 4. The Morgan fingerprint density at radius 1 is 0.367 bits per heavy atom. The van der Waals surface area contributed by atoms with Gasteiger partial charge in [0, 0.05) is 33.0 Å². The van der Waals surface area contributed by atoms with Crippen molar-refractivity contribution in [2.75, 3.05) is 0 Å². The highest BCUT2D eigenvalue weighted by Crippen LogP contribution is 2.41. The van der Waals surface area contributed by atoms with Crippen molar-refractivity contribution in [2.45, 2.75) is 0 Å². The molecule has 49 heavy (non-hydrogen) atoms. The maximum atomic E-state index is 9.25. The summed E-state index contributed by atoms with van der Waals surface area (Å²) in [5.74, 6) is 1.03. The Hall–Kier alpha value is -6.65. The summed E-state index contributed by atoms with van der Waals surface area (Å²) >= 11 is 0. The zero-order chi connectivity index (χ0) is 39.5. The summed E-state index contributed by atoms with van der Waals surface area (Å²) in [7, 11) is 0. The van der Waals surface area contributed by atoms with Crippen LogP contribution in [0.3, 0.4) is 0 Å². The van der Waals surface area contributed by atoms with Gasteiger partial charge in [-0.05, 0) is 34.8 Å². The molecule has 4 nitrogen and oxygen atoms in total. The van der Waals surface area contributed by atoms with Gasteiger partial charge in [-0.15, -0.1) is 0 Å². The minimum atomic E-state index is -0.511. The maximum absolute atomic E-state index is 9.25. The third kappa shape index (κ3) is 5.16. The van der Waals surface area contributed by atoms with E-state index >= 15 is 0 Å². The third-order valence-electron chi connectivity index (χ3n) is 8.54. The molecule has 7 aromatic carbocycles. The standard InChI is InChI=1S/C45H30N4/c1-4-15-31(16-5-1)32-27-29-35(30-28-32)44-46-43(34-19-8-3-9-20-34)47-45(48-44)39-24-14-23-36(33-17-6-2-7-18-33)42(39)49-40-25-12-10-21-37(40)38-22-11-13-26-41(38)49/h1-30H/i10D,11D,12D,13D,21D,22D,25D,26D. The minimum Gasteiger partial charge on any atom is -0.308 e. The number of rotatable bonds is 6. The van der Waals surface area contributed by atoms with E-state index in [2.05, 4.69) is 0 Å². The molecule has 0 spiro atoms. The smallest absolute Gasteiger partial charge is 0.166 e. The first-order valence-electron chi connectivity index (χ1n) is 19.8. The molecule has 0 N–H and O–H groups in total. The highest BCUT2D eigenvalue weighted by Gasteiger charge is 2.22. The van der Waals surface area contributed by atoms with Crippen LogP contribution >= 0.6 is 0 Å². The van der Waals surface area contributed by atoms with Crippen LogP contribution in [-0.4, -0.2) is 19.5 Å². The molecule has 0 saturated heterocycles. The van der Waals surface area contributed by atoms with Gasteiger partial charge in [-0.3, -0.25) is 0 Å². The molecule has 0 amide bonds. The van der Waals surface area contributed by atoms with E-state index in [0.717, 1.165) is 27.8 Å². The molecule has 0 aliphatic heterocycles. The summed E-state index contributed by atoms with van der Waals surface area (Å²) in [5.41, 5.74) is 5.74. The Bertz CT molecular complexity index is 2950. The number of benzene rings is 7. The van der Waals surface area contributed by atoms with E-state index < -0.39 is 48.3 Å². The van der Waals surface area contributed by atoms with Crippen molar-refractivity contribution in [1.29, 1.82) is 0 Å². The minimum absolute atomic E-state index is 0.00157. The van der Waals surface area contributed by atoms with Gasteiger partial charge in [-0.25, -0.2) is 15.0 Å². The van der Waals surface area contributed by atoms with Gasteiger partial charge in [-0.1, -0.05) is 164 Å². The van der Waals surface area contributed by atoms with E-state index in [1.54, 1.807) is 4.57 Å². The fourth-order valence-electron chi connectivity index (χ4n) is 6.24. The van der Waals surface area contributed by atoms with Crippen molar-refractivity contribution in [3.63, 3.8) is 0 Å². The van der Waals surface area contributed by atoms with Crippen LogP contribution < -0.4 is 0 Å². The van der Waals surface area contributed by atoms with Gasteiger partial charge in [0.25, 0.3) is 0 Å². The lowest BCUT2D eigenvalue weighted by Crippen LogP contribution is -2.05. The van der Waals surface area contributed by atoms with E-state index in [-0.39, 0.29) is 27.6 Å². The lowest BCUT2D eigenvalue weighted by atomic mass is 9.98. The van der Waals surface area contributed by atoms with Crippen molar-refractivity contribution in [2.24, 2.45) is 0 Å². The maximum Gasteiger partial charge on any atom is 0.166 e. The zero-order valence-corrected chi connectivity index (χ0v) is 26.0. The van der Waals surface area contributed by atoms with Crippen LogP contribution in [0.1, 0.15) is 11.0 Å². The zero-order valence-electron chi connectivity index (χ0n) is 34.0. The first-order valence-corrected chi connectivity index (χ1v) is 15.8. The molecule has 0 bridgehead atoms. The largest absolute Gasteiger partial charge is 0.308 e. The second kappa shape index (κ2) is 12.2.